The zero-order valence-corrected chi connectivity index (χ0v) is 7.46. The minimum Gasteiger partial charge on any atom is 0 e. The third-order valence-electron chi connectivity index (χ3n) is 0. The van der Waals surface area contributed by atoms with Crippen LogP contribution >= 0.6 is 0 Å². The second kappa shape index (κ2) is 26.0. The van der Waals surface area contributed by atoms with Crippen LogP contribution in [0.15, 0.2) is 0 Å². The number of rotatable bonds is 0. The van der Waals surface area contributed by atoms with Gasteiger partial charge in [0.1, 0.15) is 0 Å². The molecule has 0 N–H and O–H groups in total. The molecule has 0 aliphatic carbocycles. The SMILES string of the molecule is [CaH2].[Fe][SeH].[GeH4].[Zn]. The second-order valence-corrected chi connectivity index (χ2v) is 0. The fourth-order valence-electron chi connectivity index (χ4n) is 0. The molecule has 0 atom stereocenters. The molecule has 0 radical (unpaired) electrons. The average Bonchev–Trinajstić information content (AvgIpc) is 1.00. The van der Waals surface area contributed by atoms with Crippen LogP contribution in [0, 0.1) is 0 Å². The van der Waals surface area contributed by atoms with E-state index in [1.54, 1.807) is 0 Å². The Hall–Kier alpha value is 3.46. The molecular formula is H7CaFeGeSeZn. The Labute approximate surface area is 101 Å². The van der Waals surface area contributed by atoms with Gasteiger partial charge in [-0.1, -0.05) is 0 Å². The van der Waals surface area contributed by atoms with E-state index in [0.717, 1.165) is 0 Å². The second-order valence-electron chi connectivity index (χ2n) is 0. The molecule has 5 heteroatoms. The van der Waals surface area contributed by atoms with E-state index >= 15 is 0 Å². The summed E-state index contributed by atoms with van der Waals surface area (Å²) in [6.45, 7) is 0. The van der Waals surface area contributed by atoms with Gasteiger partial charge in [0.15, 0.2) is 0 Å². The van der Waals surface area contributed by atoms with Crippen LogP contribution in [-0.4, -0.2) is 69.5 Å². The first kappa shape index (κ1) is 23.7. The average molecular weight is 320 g/mol. The Balaban J connectivity index is -0.00000000167. The van der Waals surface area contributed by atoms with Crippen molar-refractivity contribution in [1.29, 1.82) is 0 Å². The Morgan fingerprint density at radius 2 is 1.20 bits per heavy atom. The van der Waals surface area contributed by atoms with Crippen LogP contribution in [0.3, 0.4) is 0 Å². The van der Waals surface area contributed by atoms with Crippen LogP contribution in [-0.2, 0) is 33.7 Å². The summed E-state index contributed by atoms with van der Waals surface area (Å²) in [6.07, 6.45) is 0. The molecule has 0 fully saturated rings. The van der Waals surface area contributed by atoms with Crippen LogP contribution in [0.2, 0.25) is 0 Å². The van der Waals surface area contributed by atoms with Gasteiger partial charge >= 0.3 is 83.7 Å². The predicted molar refractivity (Wildman–Crippen MR) is 27.0 cm³/mol. The Morgan fingerprint density at radius 1 is 1.20 bits per heavy atom. The molecule has 0 spiro atoms. The van der Waals surface area contributed by atoms with Gasteiger partial charge in [0.05, 0.1) is 0 Å². The molecule has 0 amide bonds. The van der Waals surface area contributed by atoms with Gasteiger partial charge in [-0.25, -0.2) is 0 Å². The number of hydrogen-bond donors (Lipinski definition) is 0. The molecule has 0 aromatic carbocycles. The molecule has 0 rings (SSSR count). The van der Waals surface area contributed by atoms with Crippen molar-refractivity contribution in [1.82, 2.24) is 0 Å². The Morgan fingerprint density at radius 3 is 1.20 bits per heavy atom. The van der Waals surface area contributed by atoms with Crippen molar-refractivity contribution in [3.63, 3.8) is 0 Å². The molecule has 0 heterocycles. The third kappa shape index (κ3) is 18.6. The fourth-order valence-corrected chi connectivity index (χ4v) is 0. The van der Waals surface area contributed by atoms with Gasteiger partial charge < -0.3 is 0 Å². The monoisotopic (exact) mass is 321 g/mol. The zero-order valence-electron chi connectivity index (χ0n) is 1.51. The topological polar surface area (TPSA) is 0 Å². The van der Waals surface area contributed by atoms with Crippen LogP contribution < -0.4 is 0 Å². The molecule has 0 unspecified atom stereocenters. The van der Waals surface area contributed by atoms with Crippen molar-refractivity contribution in [2.75, 3.05) is 0 Å². The van der Waals surface area contributed by atoms with Gasteiger partial charge in [-0.2, -0.15) is 0 Å². The van der Waals surface area contributed by atoms with E-state index in [0.29, 0.717) is 0 Å². The van der Waals surface area contributed by atoms with Crippen molar-refractivity contribution in [3.8, 4) is 0 Å². The van der Waals surface area contributed by atoms with Gasteiger partial charge in [-0.15, -0.1) is 0 Å². The molecule has 0 saturated heterocycles. The smallest absolute Gasteiger partial charge is 0 e. The molecule has 0 bridgehead atoms. The summed E-state index contributed by atoms with van der Waals surface area (Å²) in [7, 11) is 0. The maximum atomic E-state index is 3.19. The molecule has 29 valence electrons. The van der Waals surface area contributed by atoms with Gasteiger partial charge in [0.2, 0.25) is 0 Å². The van der Waals surface area contributed by atoms with Gasteiger partial charge in [0, 0.05) is 19.5 Å². The first-order valence-electron chi connectivity index (χ1n) is 0.158. The van der Waals surface area contributed by atoms with Crippen molar-refractivity contribution < 1.29 is 33.7 Å². The van der Waals surface area contributed by atoms with Gasteiger partial charge in [-0.05, 0) is 0 Å². The molecule has 0 aromatic heterocycles. The van der Waals surface area contributed by atoms with E-state index in [1.807, 2.05) is 0 Å². The van der Waals surface area contributed by atoms with Crippen molar-refractivity contribution in [2.24, 2.45) is 0 Å². The van der Waals surface area contributed by atoms with E-state index < -0.39 is 0 Å². The molecule has 0 nitrogen and oxygen atoms in total. The normalized spacial score (nSPS) is 1.20. The van der Waals surface area contributed by atoms with E-state index in [9.17, 15) is 0 Å². The first-order chi connectivity index (χ1) is 1.00. The van der Waals surface area contributed by atoms with Gasteiger partial charge in [-0.3, -0.25) is 0 Å². The van der Waals surface area contributed by atoms with Crippen LogP contribution in [0.5, 0.6) is 0 Å². The quantitative estimate of drug-likeness (QED) is 0.417. The molecule has 0 aliphatic rings. The molecule has 0 aromatic rings. The summed E-state index contributed by atoms with van der Waals surface area (Å²) in [4.78, 5) is 0. The molecule has 5 heavy (non-hydrogen) atoms. The molecule has 0 saturated carbocycles. The maximum absolute atomic E-state index is 3.19. The minimum atomic E-state index is 0. The number of hydrogen-bond acceptors (Lipinski definition) is 0. The van der Waals surface area contributed by atoms with Crippen LogP contribution in [0.25, 0.3) is 0 Å². The molecule has 0 aliphatic heterocycles. The van der Waals surface area contributed by atoms with Crippen molar-refractivity contribution in [3.05, 3.63) is 0 Å². The van der Waals surface area contributed by atoms with E-state index in [4.69, 9.17) is 0 Å². The summed E-state index contributed by atoms with van der Waals surface area (Å²) in [5.41, 5.74) is 0. The van der Waals surface area contributed by atoms with Crippen LogP contribution in [0.4, 0.5) is 0 Å². The summed E-state index contributed by atoms with van der Waals surface area (Å²) in [5.74, 6) is 0. The van der Waals surface area contributed by atoms with Crippen molar-refractivity contribution in [2.45, 2.75) is 0 Å². The van der Waals surface area contributed by atoms with E-state index in [1.165, 1.54) is 0 Å². The minimum absolute atomic E-state index is 0. The van der Waals surface area contributed by atoms with Crippen LogP contribution in [0.1, 0.15) is 0 Å². The van der Waals surface area contributed by atoms with E-state index in [-0.39, 0.29) is 74.8 Å². The standard InChI is InChI=1S/Ca.Fe.GeH4.H2Se.Zn.2H/h;;1H4;1H2;;;/q;+1;;;;;/p-1. The summed E-state index contributed by atoms with van der Waals surface area (Å²) >= 11 is 5.25. The first-order valence-corrected chi connectivity index (χ1v) is 3.39. The van der Waals surface area contributed by atoms with Gasteiger partial charge in [0.25, 0.3) is 0 Å². The maximum Gasteiger partial charge on any atom is 0 e. The Kier molecular flexibility index (Phi) is 123. The zero-order chi connectivity index (χ0) is 2.00. The van der Waals surface area contributed by atoms with Crippen molar-refractivity contribution >= 4 is 69.5 Å². The van der Waals surface area contributed by atoms with E-state index in [2.05, 4.69) is 28.4 Å². The summed E-state index contributed by atoms with van der Waals surface area (Å²) < 4.78 is 0. The molecular weight excluding hydrogens is 313 g/mol. The largest absolute Gasteiger partial charge is 0 e. The summed E-state index contributed by atoms with van der Waals surface area (Å²) in [5, 5.41) is 0. The third-order valence-corrected chi connectivity index (χ3v) is 0. The predicted octanol–water partition coefficient (Wildman–Crippen LogP) is -3.02. The summed E-state index contributed by atoms with van der Waals surface area (Å²) in [6, 6.07) is 0. The fraction of sp³-hybridized carbons (Fsp3) is 0. The Bertz CT molecular complexity index is 11.6.